The fourth-order valence-corrected chi connectivity index (χ4v) is 2.32. The summed E-state index contributed by atoms with van der Waals surface area (Å²) in [5.41, 5.74) is -0.139. The third kappa shape index (κ3) is 3.17. The van der Waals surface area contributed by atoms with Crippen molar-refractivity contribution in [2.45, 2.75) is 6.54 Å². The molecule has 0 fully saturated rings. The van der Waals surface area contributed by atoms with E-state index >= 15 is 0 Å². The lowest BCUT2D eigenvalue weighted by Gasteiger charge is -2.03. The largest absolute Gasteiger partial charge is 0.477 e. The summed E-state index contributed by atoms with van der Waals surface area (Å²) in [4.78, 5) is 27.1. The van der Waals surface area contributed by atoms with Crippen molar-refractivity contribution in [3.8, 4) is 11.3 Å². The van der Waals surface area contributed by atoms with E-state index in [1.165, 1.54) is 29.1 Å². The molecule has 0 spiro atoms. The highest BCUT2D eigenvalue weighted by atomic mass is 35.5. The second kappa shape index (κ2) is 6.10. The molecular weight excluding hydrogens is 320 g/mol. The van der Waals surface area contributed by atoms with E-state index in [0.717, 1.165) is 5.56 Å². The summed E-state index contributed by atoms with van der Waals surface area (Å²) in [6.45, 7) is 0.0422. The Bertz CT molecular complexity index is 930. The van der Waals surface area contributed by atoms with Gasteiger partial charge >= 0.3 is 5.97 Å². The average molecular weight is 331 g/mol. The van der Waals surface area contributed by atoms with Gasteiger partial charge in [-0.15, -0.1) is 0 Å². The number of hydrogen-bond acceptors (Lipinski definition) is 4. The number of halogens is 1. The molecule has 0 bridgehead atoms. The van der Waals surface area contributed by atoms with Gasteiger partial charge in [0.2, 0.25) is 5.89 Å². The summed E-state index contributed by atoms with van der Waals surface area (Å²) >= 11 is 5.94. The first-order valence-electron chi connectivity index (χ1n) is 6.68. The van der Waals surface area contributed by atoms with Gasteiger partial charge in [0.25, 0.3) is 5.56 Å². The Morgan fingerprint density at radius 2 is 2.13 bits per heavy atom. The lowest BCUT2D eigenvalue weighted by Crippen LogP contribution is -2.26. The fraction of sp³-hybridized carbons (Fsp3) is 0.0625. The molecule has 0 radical (unpaired) electrons. The van der Waals surface area contributed by atoms with Gasteiger partial charge in [0, 0.05) is 16.8 Å². The highest BCUT2D eigenvalue weighted by Crippen LogP contribution is 2.23. The highest BCUT2D eigenvalue weighted by Gasteiger charge is 2.12. The van der Waals surface area contributed by atoms with Crippen molar-refractivity contribution in [1.29, 1.82) is 0 Å². The Balaban J connectivity index is 1.90. The maximum absolute atomic E-state index is 12.0. The molecule has 1 N–H and O–H groups in total. The van der Waals surface area contributed by atoms with Crippen molar-refractivity contribution in [3.05, 3.63) is 75.6 Å². The second-order valence-electron chi connectivity index (χ2n) is 4.79. The van der Waals surface area contributed by atoms with Gasteiger partial charge in [0.1, 0.15) is 12.1 Å². The molecule has 3 aromatic rings. The Kier molecular flexibility index (Phi) is 3.99. The molecular formula is C16H11ClN2O4. The summed E-state index contributed by atoms with van der Waals surface area (Å²) in [5, 5.41) is 9.54. The van der Waals surface area contributed by atoms with E-state index < -0.39 is 11.5 Å². The maximum atomic E-state index is 12.0. The predicted octanol–water partition coefficient (Wildman–Crippen LogP) is 2.90. The molecule has 2 aromatic heterocycles. The molecule has 0 aliphatic carbocycles. The summed E-state index contributed by atoms with van der Waals surface area (Å²) in [6.07, 6.45) is 3.02. The van der Waals surface area contributed by atoms with Crippen molar-refractivity contribution in [3.63, 3.8) is 0 Å². The predicted molar refractivity (Wildman–Crippen MR) is 83.7 cm³/mol. The van der Waals surface area contributed by atoms with E-state index in [1.807, 2.05) is 6.07 Å². The van der Waals surface area contributed by atoms with E-state index in [-0.39, 0.29) is 12.1 Å². The number of hydrogen-bond donors (Lipinski definition) is 1. The standard InChI is InChI=1S/C16H11ClN2O4/c17-11-4-1-3-10(7-11)13-8-18-14(23-13)9-19-6-2-5-12(15(19)20)16(21)22/h1-8H,9H2,(H,21,22). The third-order valence-corrected chi connectivity index (χ3v) is 3.45. The smallest absolute Gasteiger partial charge is 0.341 e. The minimum Gasteiger partial charge on any atom is -0.477 e. The molecule has 7 heteroatoms. The van der Waals surface area contributed by atoms with Crippen LogP contribution in [0.5, 0.6) is 0 Å². The van der Waals surface area contributed by atoms with Gasteiger partial charge in [-0.2, -0.15) is 0 Å². The molecule has 1 aromatic carbocycles. The highest BCUT2D eigenvalue weighted by molar-refractivity contribution is 6.30. The quantitative estimate of drug-likeness (QED) is 0.795. The number of nitrogens with zero attached hydrogens (tertiary/aromatic N) is 2. The molecule has 2 heterocycles. The Morgan fingerprint density at radius 1 is 1.30 bits per heavy atom. The normalized spacial score (nSPS) is 10.7. The first kappa shape index (κ1) is 15.1. The van der Waals surface area contributed by atoms with Gasteiger partial charge in [0.05, 0.1) is 6.20 Å². The molecule has 116 valence electrons. The molecule has 0 unspecified atom stereocenters. The van der Waals surface area contributed by atoms with Gasteiger partial charge in [0.15, 0.2) is 5.76 Å². The molecule has 23 heavy (non-hydrogen) atoms. The number of rotatable bonds is 4. The van der Waals surface area contributed by atoms with E-state index in [2.05, 4.69) is 4.98 Å². The van der Waals surface area contributed by atoms with Crippen LogP contribution in [0.1, 0.15) is 16.2 Å². The van der Waals surface area contributed by atoms with Crippen LogP contribution < -0.4 is 5.56 Å². The molecule has 0 saturated heterocycles. The average Bonchev–Trinajstić information content (AvgIpc) is 2.98. The SMILES string of the molecule is O=C(O)c1cccn(Cc2ncc(-c3cccc(Cl)c3)o2)c1=O. The minimum atomic E-state index is -1.27. The zero-order valence-corrected chi connectivity index (χ0v) is 12.5. The fourth-order valence-electron chi connectivity index (χ4n) is 2.13. The number of pyridine rings is 1. The Morgan fingerprint density at radius 3 is 2.87 bits per heavy atom. The molecule has 6 nitrogen and oxygen atoms in total. The van der Waals surface area contributed by atoms with Crippen LogP contribution in [0, 0.1) is 0 Å². The lowest BCUT2D eigenvalue weighted by molar-refractivity contribution is 0.0694. The summed E-state index contributed by atoms with van der Waals surface area (Å²) in [7, 11) is 0. The zero-order valence-electron chi connectivity index (χ0n) is 11.8. The number of carboxylic acid groups (broad SMARTS) is 1. The summed E-state index contributed by atoms with van der Waals surface area (Å²) in [5.74, 6) is -0.453. The molecule has 0 aliphatic rings. The molecule has 0 amide bonds. The molecule has 0 saturated carbocycles. The number of carbonyl (C=O) groups is 1. The third-order valence-electron chi connectivity index (χ3n) is 3.22. The first-order chi connectivity index (χ1) is 11.0. The summed E-state index contributed by atoms with van der Waals surface area (Å²) < 4.78 is 6.84. The number of aromatic carboxylic acids is 1. The van der Waals surface area contributed by atoms with E-state index in [0.29, 0.717) is 16.7 Å². The number of aromatic nitrogens is 2. The van der Waals surface area contributed by atoms with Crippen LogP contribution in [-0.4, -0.2) is 20.6 Å². The Labute approximate surface area is 135 Å². The lowest BCUT2D eigenvalue weighted by atomic mass is 10.2. The topological polar surface area (TPSA) is 85.3 Å². The zero-order chi connectivity index (χ0) is 16.4. The van der Waals surface area contributed by atoms with Crippen molar-refractivity contribution in [2.75, 3.05) is 0 Å². The van der Waals surface area contributed by atoms with Crippen LogP contribution in [0.25, 0.3) is 11.3 Å². The van der Waals surface area contributed by atoms with Crippen molar-refractivity contribution in [2.24, 2.45) is 0 Å². The molecule has 0 aliphatic heterocycles. The maximum Gasteiger partial charge on any atom is 0.341 e. The monoisotopic (exact) mass is 330 g/mol. The van der Waals surface area contributed by atoms with Crippen LogP contribution >= 0.6 is 11.6 Å². The van der Waals surface area contributed by atoms with Crippen molar-refractivity contribution >= 4 is 17.6 Å². The van der Waals surface area contributed by atoms with Gasteiger partial charge in [-0.25, -0.2) is 9.78 Å². The first-order valence-corrected chi connectivity index (χ1v) is 7.06. The van der Waals surface area contributed by atoms with Gasteiger partial charge in [-0.3, -0.25) is 4.79 Å². The molecule has 3 rings (SSSR count). The van der Waals surface area contributed by atoms with E-state index in [1.54, 1.807) is 18.2 Å². The van der Waals surface area contributed by atoms with Crippen LogP contribution in [-0.2, 0) is 6.54 Å². The number of oxazole rings is 1. The van der Waals surface area contributed by atoms with Crippen LogP contribution in [0.15, 0.2) is 58.0 Å². The second-order valence-corrected chi connectivity index (χ2v) is 5.23. The van der Waals surface area contributed by atoms with Crippen molar-refractivity contribution < 1.29 is 14.3 Å². The summed E-state index contributed by atoms with van der Waals surface area (Å²) in [6, 6.07) is 9.86. The van der Waals surface area contributed by atoms with Crippen LogP contribution in [0.2, 0.25) is 5.02 Å². The van der Waals surface area contributed by atoms with E-state index in [4.69, 9.17) is 21.1 Å². The van der Waals surface area contributed by atoms with Crippen LogP contribution in [0.4, 0.5) is 0 Å². The van der Waals surface area contributed by atoms with Gasteiger partial charge in [-0.05, 0) is 24.3 Å². The Hall–Kier alpha value is -2.86. The minimum absolute atomic E-state index is 0.0422. The van der Waals surface area contributed by atoms with Crippen molar-refractivity contribution in [1.82, 2.24) is 9.55 Å². The van der Waals surface area contributed by atoms with E-state index in [9.17, 15) is 9.59 Å². The van der Waals surface area contributed by atoms with Crippen LogP contribution in [0.3, 0.4) is 0 Å². The van der Waals surface area contributed by atoms with Gasteiger partial charge < -0.3 is 14.1 Å². The van der Waals surface area contributed by atoms with Gasteiger partial charge in [-0.1, -0.05) is 23.7 Å². The number of carboxylic acids is 1. The molecule has 0 atom stereocenters. The number of benzene rings is 1.